The summed E-state index contributed by atoms with van der Waals surface area (Å²) in [7, 11) is 0. The Morgan fingerprint density at radius 3 is 2.67 bits per heavy atom. The highest BCUT2D eigenvalue weighted by molar-refractivity contribution is 4.97. The van der Waals surface area contributed by atoms with E-state index in [0.717, 1.165) is 31.8 Å². The monoisotopic (exact) mass is 252 g/mol. The average Bonchev–Trinajstić information content (AvgIpc) is 2.40. The van der Waals surface area contributed by atoms with Crippen molar-refractivity contribution in [3.05, 3.63) is 0 Å². The SMILES string of the molecule is CCCC1CCC(C#N)C(N(CC)CCCO)C1. The molecule has 0 aliphatic heterocycles. The van der Waals surface area contributed by atoms with Gasteiger partial charge in [-0.2, -0.15) is 5.26 Å². The largest absolute Gasteiger partial charge is 0.396 e. The Balaban J connectivity index is 2.62. The summed E-state index contributed by atoms with van der Waals surface area (Å²) in [5.74, 6) is 0.990. The van der Waals surface area contributed by atoms with Gasteiger partial charge in [0.05, 0.1) is 12.0 Å². The topological polar surface area (TPSA) is 47.3 Å². The fraction of sp³-hybridized carbons (Fsp3) is 0.933. The first-order valence-electron chi connectivity index (χ1n) is 7.51. The number of nitrogens with zero attached hydrogens (tertiary/aromatic N) is 2. The fourth-order valence-electron chi connectivity index (χ4n) is 3.29. The molecule has 1 saturated carbocycles. The third-order valence-corrected chi connectivity index (χ3v) is 4.27. The van der Waals surface area contributed by atoms with E-state index >= 15 is 0 Å². The van der Waals surface area contributed by atoms with E-state index in [1.165, 1.54) is 25.7 Å². The molecule has 0 heterocycles. The maximum absolute atomic E-state index is 9.32. The molecule has 0 saturated heterocycles. The van der Waals surface area contributed by atoms with Crippen LogP contribution in [0.15, 0.2) is 0 Å². The quantitative estimate of drug-likeness (QED) is 0.758. The van der Waals surface area contributed by atoms with Crippen molar-refractivity contribution in [2.45, 2.75) is 58.4 Å². The summed E-state index contributed by atoms with van der Waals surface area (Å²) < 4.78 is 0. The van der Waals surface area contributed by atoms with Crippen molar-refractivity contribution in [1.82, 2.24) is 4.90 Å². The molecule has 3 atom stereocenters. The first-order chi connectivity index (χ1) is 8.76. The highest BCUT2D eigenvalue weighted by atomic mass is 16.3. The smallest absolute Gasteiger partial charge is 0.0672 e. The summed E-state index contributed by atoms with van der Waals surface area (Å²) in [4.78, 5) is 2.41. The maximum atomic E-state index is 9.32. The van der Waals surface area contributed by atoms with Gasteiger partial charge < -0.3 is 5.11 Å². The van der Waals surface area contributed by atoms with Gasteiger partial charge in [-0.05, 0) is 38.1 Å². The van der Waals surface area contributed by atoms with Crippen LogP contribution in [0.4, 0.5) is 0 Å². The molecular formula is C15H28N2O. The Hall–Kier alpha value is -0.590. The lowest BCUT2D eigenvalue weighted by atomic mass is 9.76. The third-order valence-electron chi connectivity index (χ3n) is 4.27. The fourth-order valence-corrected chi connectivity index (χ4v) is 3.29. The van der Waals surface area contributed by atoms with Crippen LogP contribution in [0.25, 0.3) is 0 Å². The number of aliphatic hydroxyl groups is 1. The lowest BCUT2D eigenvalue weighted by Gasteiger charge is -2.40. The van der Waals surface area contributed by atoms with Crippen molar-refractivity contribution in [3.8, 4) is 6.07 Å². The summed E-state index contributed by atoms with van der Waals surface area (Å²) in [6.45, 7) is 6.57. The van der Waals surface area contributed by atoms with Gasteiger partial charge in [-0.15, -0.1) is 0 Å². The summed E-state index contributed by atoms with van der Waals surface area (Å²) in [6.07, 6.45) is 6.82. The number of hydrogen-bond donors (Lipinski definition) is 1. The maximum Gasteiger partial charge on any atom is 0.0672 e. The number of rotatable bonds is 7. The Labute approximate surface area is 112 Å². The lowest BCUT2D eigenvalue weighted by molar-refractivity contribution is 0.0955. The van der Waals surface area contributed by atoms with E-state index in [4.69, 9.17) is 5.11 Å². The Bertz CT molecular complexity index is 262. The summed E-state index contributed by atoms with van der Waals surface area (Å²) in [5, 5.41) is 18.3. The van der Waals surface area contributed by atoms with Crippen molar-refractivity contribution < 1.29 is 5.11 Å². The minimum Gasteiger partial charge on any atom is -0.396 e. The molecule has 1 rings (SSSR count). The molecule has 1 N–H and O–H groups in total. The van der Waals surface area contributed by atoms with E-state index in [1.54, 1.807) is 0 Å². The predicted octanol–water partition coefficient (Wildman–Crippen LogP) is 2.80. The van der Waals surface area contributed by atoms with Crippen LogP contribution in [-0.2, 0) is 0 Å². The van der Waals surface area contributed by atoms with Crippen LogP contribution in [-0.4, -0.2) is 35.7 Å². The van der Waals surface area contributed by atoms with E-state index in [2.05, 4.69) is 24.8 Å². The van der Waals surface area contributed by atoms with E-state index in [1.807, 2.05) is 0 Å². The summed E-state index contributed by atoms with van der Waals surface area (Å²) >= 11 is 0. The normalized spacial score (nSPS) is 28.3. The van der Waals surface area contributed by atoms with Gasteiger partial charge in [-0.1, -0.05) is 26.7 Å². The number of aliphatic hydroxyl groups excluding tert-OH is 1. The molecular weight excluding hydrogens is 224 g/mol. The van der Waals surface area contributed by atoms with Crippen LogP contribution in [0.1, 0.15) is 52.4 Å². The Morgan fingerprint density at radius 1 is 1.33 bits per heavy atom. The Kier molecular flexibility index (Phi) is 7.31. The van der Waals surface area contributed by atoms with Crippen molar-refractivity contribution in [2.24, 2.45) is 11.8 Å². The van der Waals surface area contributed by atoms with Gasteiger partial charge in [0, 0.05) is 19.2 Å². The molecule has 0 aromatic carbocycles. The molecule has 0 amide bonds. The molecule has 0 aromatic heterocycles. The third kappa shape index (κ3) is 4.26. The summed E-state index contributed by atoms with van der Waals surface area (Å²) in [5.41, 5.74) is 0. The highest BCUT2D eigenvalue weighted by Crippen LogP contribution is 2.34. The molecule has 3 heteroatoms. The molecule has 0 aromatic rings. The van der Waals surface area contributed by atoms with E-state index in [0.29, 0.717) is 6.04 Å². The van der Waals surface area contributed by atoms with Crippen LogP contribution < -0.4 is 0 Å². The first kappa shape index (κ1) is 15.5. The number of hydrogen-bond acceptors (Lipinski definition) is 3. The molecule has 0 spiro atoms. The zero-order valence-electron chi connectivity index (χ0n) is 11.9. The van der Waals surface area contributed by atoms with Crippen LogP contribution in [0.5, 0.6) is 0 Å². The second-order valence-electron chi connectivity index (χ2n) is 5.48. The van der Waals surface area contributed by atoms with Crippen LogP contribution in [0, 0.1) is 23.2 Å². The van der Waals surface area contributed by atoms with Gasteiger partial charge in [0.15, 0.2) is 0 Å². The molecule has 18 heavy (non-hydrogen) atoms. The van der Waals surface area contributed by atoms with Gasteiger partial charge in [-0.25, -0.2) is 0 Å². The lowest BCUT2D eigenvalue weighted by Crippen LogP contribution is -2.44. The van der Waals surface area contributed by atoms with Crippen molar-refractivity contribution >= 4 is 0 Å². The van der Waals surface area contributed by atoms with Gasteiger partial charge in [0.1, 0.15) is 0 Å². The predicted molar refractivity (Wildman–Crippen MR) is 74.1 cm³/mol. The zero-order valence-corrected chi connectivity index (χ0v) is 11.9. The summed E-state index contributed by atoms with van der Waals surface area (Å²) in [6, 6.07) is 2.92. The van der Waals surface area contributed by atoms with Crippen molar-refractivity contribution in [3.63, 3.8) is 0 Å². The van der Waals surface area contributed by atoms with Gasteiger partial charge >= 0.3 is 0 Å². The first-order valence-corrected chi connectivity index (χ1v) is 7.51. The molecule has 1 aliphatic rings. The average molecular weight is 252 g/mol. The molecule has 3 unspecified atom stereocenters. The molecule has 0 radical (unpaired) electrons. The van der Waals surface area contributed by atoms with Crippen LogP contribution in [0.3, 0.4) is 0 Å². The highest BCUT2D eigenvalue weighted by Gasteiger charge is 2.33. The Morgan fingerprint density at radius 2 is 2.11 bits per heavy atom. The second kappa shape index (κ2) is 8.50. The van der Waals surface area contributed by atoms with Gasteiger partial charge in [0.2, 0.25) is 0 Å². The minimum absolute atomic E-state index is 0.191. The molecule has 1 fully saturated rings. The van der Waals surface area contributed by atoms with Crippen molar-refractivity contribution in [1.29, 1.82) is 5.26 Å². The standard InChI is InChI=1S/C15H28N2O/c1-3-6-13-7-8-14(12-16)15(11-13)17(4-2)9-5-10-18/h13-15,18H,3-11H2,1-2H3. The van der Waals surface area contributed by atoms with E-state index in [-0.39, 0.29) is 12.5 Å². The minimum atomic E-state index is 0.191. The van der Waals surface area contributed by atoms with Crippen LogP contribution in [0.2, 0.25) is 0 Å². The van der Waals surface area contributed by atoms with Gasteiger partial charge in [0.25, 0.3) is 0 Å². The molecule has 3 nitrogen and oxygen atoms in total. The van der Waals surface area contributed by atoms with Crippen molar-refractivity contribution in [2.75, 3.05) is 19.7 Å². The van der Waals surface area contributed by atoms with Crippen LogP contribution >= 0.6 is 0 Å². The molecule has 1 aliphatic carbocycles. The van der Waals surface area contributed by atoms with E-state index in [9.17, 15) is 5.26 Å². The molecule has 0 bridgehead atoms. The second-order valence-corrected chi connectivity index (χ2v) is 5.48. The zero-order chi connectivity index (χ0) is 13.4. The number of nitriles is 1. The van der Waals surface area contributed by atoms with Gasteiger partial charge in [-0.3, -0.25) is 4.90 Å². The molecule has 104 valence electrons. The van der Waals surface area contributed by atoms with E-state index < -0.39 is 0 Å².